The molecule has 11 heteroatoms. The molecule has 1 aliphatic rings. The molecule has 5 aromatic rings. The number of nitrogens with one attached hydrogen (secondary N) is 2. The number of rotatable bonds is 6. The van der Waals surface area contributed by atoms with Crippen LogP contribution in [0.15, 0.2) is 79.3 Å². The van der Waals surface area contributed by atoms with Crippen LogP contribution >= 0.6 is 0 Å². The molecule has 1 saturated heterocycles. The number of hydrogen-bond acceptors (Lipinski definition) is 7. The average molecular weight is 540 g/mol. The number of nitrogens with zero attached hydrogens (tertiary/aromatic N) is 5. The fraction of sp³-hybridized carbons (Fsp3) is 0.172. The van der Waals surface area contributed by atoms with Crippen LogP contribution in [0.5, 0.6) is 11.5 Å². The fourth-order valence-corrected chi connectivity index (χ4v) is 4.43. The van der Waals surface area contributed by atoms with Gasteiger partial charge in [-0.15, -0.1) is 0 Å². The molecule has 3 aromatic heterocycles. The van der Waals surface area contributed by atoms with Gasteiger partial charge in [0.05, 0.1) is 36.3 Å². The number of amides is 2. The second-order valence-corrected chi connectivity index (χ2v) is 9.28. The van der Waals surface area contributed by atoms with Gasteiger partial charge in [0.15, 0.2) is 0 Å². The number of aryl methyl sites for hydroxylation is 1. The van der Waals surface area contributed by atoms with Crippen molar-refractivity contribution in [2.24, 2.45) is 7.05 Å². The number of benzene rings is 2. The molecular weight excluding hydrogens is 513 g/mol. The van der Waals surface area contributed by atoms with E-state index in [-0.39, 0.29) is 11.4 Å². The summed E-state index contributed by atoms with van der Waals surface area (Å²) in [6.07, 6.45) is 5.16. The molecule has 6 rings (SSSR count). The molecule has 0 spiro atoms. The summed E-state index contributed by atoms with van der Waals surface area (Å²) >= 11 is 0. The van der Waals surface area contributed by atoms with E-state index in [1.807, 2.05) is 37.5 Å². The van der Waals surface area contributed by atoms with E-state index in [2.05, 4.69) is 25.6 Å². The van der Waals surface area contributed by atoms with Gasteiger partial charge in [0.1, 0.15) is 23.1 Å². The second-order valence-electron chi connectivity index (χ2n) is 9.28. The van der Waals surface area contributed by atoms with Crippen LogP contribution in [-0.2, 0) is 11.8 Å². The minimum Gasteiger partial charge on any atom is -0.457 e. The van der Waals surface area contributed by atoms with E-state index >= 15 is 0 Å². The van der Waals surface area contributed by atoms with Crippen molar-refractivity contribution in [1.29, 1.82) is 0 Å². The molecule has 1 fully saturated rings. The maximum absolute atomic E-state index is 14.8. The van der Waals surface area contributed by atoms with E-state index in [1.54, 1.807) is 41.3 Å². The highest BCUT2D eigenvalue weighted by atomic mass is 19.1. The van der Waals surface area contributed by atoms with E-state index in [4.69, 9.17) is 14.5 Å². The number of urea groups is 1. The van der Waals surface area contributed by atoms with Gasteiger partial charge >= 0.3 is 6.03 Å². The lowest BCUT2D eigenvalue weighted by Crippen LogP contribution is -2.36. The molecular formula is C29H26FN7O3. The normalized spacial score (nSPS) is 13.3. The summed E-state index contributed by atoms with van der Waals surface area (Å²) in [5, 5.41) is 10.3. The van der Waals surface area contributed by atoms with Gasteiger partial charge in [-0.3, -0.25) is 9.67 Å². The Kier molecular flexibility index (Phi) is 6.94. The topological polar surface area (TPSA) is 106 Å². The van der Waals surface area contributed by atoms with E-state index < -0.39 is 11.8 Å². The number of aromatic nitrogens is 4. The van der Waals surface area contributed by atoms with Crippen LogP contribution in [0, 0.1) is 5.82 Å². The van der Waals surface area contributed by atoms with Crippen LogP contribution in [0.2, 0.25) is 0 Å². The summed E-state index contributed by atoms with van der Waals surface area (Å²) < 4.78 is 27.7. The molecule has 0 atom stereocenters. The van der Waals surface area contributed by atoms with E-state index in [9.17, 15) is 9.18 Å². The first-order valence-electron chi connectivity index (χ1n) is 12.7. The van der Waals surface area contributed by atoms with Crippen LogP contribution < -0.4 is 20.3 Å². The Hall–Kier alpha value is -5.03. The molecule has 1 aliphatic heterocycles. The summed E-state index contributed by atoms with van der Waals surface area (Å²) in [5.41, 5.74) is 2.92. The Labute approximate surface area is 229 Å². The Morgan fingerprint density at radius 1 is 1.00 bits per heavy atom. The molecule has 0 radical (unpaired) electrons. The minimum atomic E-state index is -0.632. The molecule has 2 aromatic carbocycles. The number of ether oxygens (including phenoxy) is 2. The first-order chi connectivity index (χ1) is 19.5. The zero-order chi connectivity index (χ0) is 27.5. The summed E-state index contributed by atoms with van der Waals surface area (Å²) in [7, 11) is 1.82. The Bertz CT molecular complexity index is 1680. The van der Waals surface area contributed by atoms with Crippen molar-refractivity contribution in [3.05, 3.63) is 85.1 Å². The highest BCUT2D eigenvalue weighted by Crippen LogP contribution is 2.28. The molecule has 0 bridgehead atoms. The van der Waals surface area contributed by atoms with Crippen molar-refractivity contribution < 1.29 is 18.7 Å². The Balaban J connectivity index is 1.09. The number of pyridine rings is 2. The molecule has 0 aliphatic carbocycles. The summed E-state index contributed by atoms with van der Waals surface area (Å²) in [6, 6.07) is 16.5. The molecule has 0 unspecified atom stereocenters. The number of anilines is 3. The van der Waals surface area contributed by atoms with Gasteiger partial charge in [-0.2, -0.15) is 5.10 Å². The quantitative estimate of drug-likeness (QED) is 0.296. The van der Waals surface area contributed by atoms with Gasteiger partial charge in [-0.25, -0.2) is 14.2 Å². The number of fused-ring (bicyclic) bond motifs is 1. The van der Waals surface area contributed by atoms with Gasteiger partial charge in [0, 0.05) is 61.3 Å². The highest BCUT2D eigenvalue weighted by Gasteiger charge is 2.14. The third kappa shape index (κ3) is 5.69. The van der Waals surface area contributed by atoms with Crippen LogP contribution in [-0.4, -0.2) is 52.1 Å². The maximum Gasteiger partial charge on any atom is 0.323 e. The number of carbonyl (C=O) groups is 1. The number of hydrogen-bond donors (Lipinski definition) is 2. The standard InChI is InChI=1S/C29H26FN7O3/c1-36-18-20(17-32-36)27-16-23(8-9-31-27)40-22-4-6-26(24(30)15-22)35-29(38)33-21-3-5-25-19(14-21)2-7-28(34-25)37-10-12-39-13-11-37/h2-9,14-18H,10-13H2,1H3,(H2,33,35,38). The molecule has 4 heterocycles. The molecule has 10 nitrogen and oxygen atoms in total. The lowest BCUT2D eigenvalue weighted by molar-refractivity contribution is 0.122. The SMILES string of the molecule is Cn1cc(-c2cc(Oc3ccc(NC(=O)Nc4ccc5nc(N6CCOCC6)ccc5c4)c(F)c3)ccn2)cn1. The molecule has 40 heavy (non-hydrogen) atoms. The minimum absolute atomic E-state index is 0.0215. The Morgan fingerprint density at radius 2 is 1.85 bits per heavy atom. The summed E-state index contributed by atoms with van der Waals surface area (Å²) in [5.74, 6) is 1.04. The molecule has 2 N–H and O–H groups in total. The first kappa shape index (κ1) is 25.3. The van der Waals surface area contributed by atoms with Crippen molar-refractivity contribution in [2.45, 2.75) is 0 Å². The van der Waals surface area contributed by atoms with Crippen molar-refractivity contribution in [1.82, 2.24) is 19.7 Å². The number of morpholine rings is 1. The Morgan fingerprint density at radius 3 is 2.65 bits per heavy atom. The highest BCUT2D eigenvalue weighted by molar-refractivity contribution is 6.01. The van der Waals surface area contributed by atoms with Crippen molar-refractivity contribution in [3.63, 3.8) is 0 Å². The van der Waals surface area contributed by atoms with Crippen LogP contribution in [0.25, 0.3) is 22.2 Å². The second kappa shape index (κ2) is 11.0. The smallest absolute Gasteiger partial charge is 0.323 e. The first-order valence-corrected chi connectivity index (χ1v) is 12.7. The number of halogens is 1. The lowest BCUT2D eigenvalue weighted by atomic mass is 10.2. The van der Waals surface area contributed by atoms with Gasteiger partial charge in [-0.1, -0.05) is 0 Å². The molecule has 2 amide bonds. The van der Waals surface area contributed by atoms with E-state index in [0.29, 0.717) is 30.3 Å². The lowest BCUT2D eigenvalue weighted by Gasteiger charge is -2.27. The van der Waals surface area contributed by atoms with E-state index in [0.717, 1.165) is 35.4 Å². The van der Waals surface area contributed by atoms with Crippen molar-refractivity contribution >= 4 is 34.1 Å². The van der Waals surface area contributed by atoms with Gasteiger partial charge in [0.25, 0.3) is 0 Å². The van der Waals surface area contributed by atoms with E-state index in [1.165, 1.54) is 12.1 Å². The van der Waals surface area contributed by atoms with Crippen LogP contribution in [0.4, 0.5) is 26.4 Å². The van der Waals surface area contributed by atoms with Crippen molar-refractivity contribution in [3.8, 4) is 22.8 Å². The third-order valence-corrected chi connectivity index (χ3v) is 6.42. The molecule has 202 valence electrons. The van der Waals surface area contributed by atoms with Crippen LogP contribution in [0.1, 0.15) is 0 Å². The van der Waals surface area contributed by atoms with Gasteiger partial charge < -0.3 is 25.0 Å². The summed E-state index contributed by atoms with van der Waals surface area (Å²) in [6.45, 7) is 2.98. The summed E-state index contributed by atoms with van der Waals surface area (Å²) in [4.78, 5) is 23.9. The van der Waals surface area contributed by atoms with Crippen LogP contribution in [0.3, 0.4) is 0 Å². The third-order valence-electron chi connectivity index (χ3n) is 6.42. The van der Waals surface area contributed by atoms with Gasteiger partial charge in [-0.05, 0) is 48.5 Å². The van der Waals surface area contributed by atoms with Crippen molar-refractivity contribution in [2.75, 3.05) is 41.8 Å². The van der Waals surface area contributed by atoms with Gasteiger partial charge in [0.2, 0.25) is 0 Å². The zero-order valence-corrected chi connectivity index (χ0v) is 21.7. The predicted octanol–water partition coefficient (Wildman–Crippen LogP) is 5.44. The molecule has 0 saturated carbocycles. The predicted molar refractivity (Wildman–Crippen MR) is 150 cm³/mol. The average Bonchev–Trinajstić information content (AvgIpc) is 3.41. The maximum atomic E-state index is 14.8. The monoisotopic (exact) mass is 539 g/mol. The fourth-order valence-electron chi connectivity index (χ4n) is 4.43. The largest absolute Gasteiger partial charge is 0.457 e. The zero-order valence-electron chi connectivity index (χ0n) is 21.7. The number of carbonyl (C=O) groups excluding carboxylic acids is 1.